The first-order chi connectivity index (χ1) is 7.59. The summed E-state index contributed by atoms with van der Waals surface area (Å²) in [7, 11) is 0. The molecule has 8 heteroatoms. The summed E-state index contributed by atoms with van der Waals surface area (Å²) < 4.78 is 4.51. The molecule has 0 aliphatic rings. The summed E-state index contributed by atoms with van der Waals surface area (Å²) in [4.78, 5) is 18.4. The minimum atomic E-state index is -0.820. The number of hydrogen-bond donors (Lipinski definition) is 3. The summed E-state index contributed by atoms with van der Waals surface area (Å²) in [5.74, 6) is 0.360. The van der Waals surface area contributed by atoms with Crippen LogP contribution in [0.4, 0.5) is 10.7 Å². The fraction of sp³-hybridized carbons (Fsp3) is 0.250. The van der Waals surface area contributed by atoms with Crippen LogP contribution in [0.15, 0.2) is 12.3 Å². The van der Waals surface area contributed by atoms with Gasteiger partial charge in [0.05, 0.1) is 6.54 Å². The summed E-state index contributed by atoms with van der Waals surface area (Å²) in [5.41, 5.74) is 10.7. The molecule has 1 amide bonds. The quantitative estimate of drug-likeness (QED) is 0.475. The van der Waals surface area contributed by atoms with Gasteiger partial charge >= 0.3 is 6.09 Å². The number of primary amides is 1. The molecule has 1 rings (SSSR count). The van der Waals surface area contributed by atoms with Crippen LogP contribution in [-0.2, 0) is 4.74 Å². The molecule has 0 fully saturated rings. The molecule has 0 spiro atoms. The lowest BCUT2D eigenvalue weighted by atomic mass is 10.4. The number of hydrogen-bond acceptors (Lipinski definition) is 6. The molecule has 16 heavy (non-hydrogen) atoms. The van der Waals surface area contributed by atoms with Gasteiger partial charge in [0, 0.05) is 6.20 Å². The summed E-state index contributed by atoms with van der Waals surface area (Å²) in [6.07, 6.45) is 0.707. The van der Waals surface area contributed by atoms with E-state index in [-0.39, 0.29) is 11.6 Å². The Morgan fingerprint density at radius 1 is 1.56 bits per heavy atom. The van der Waals surface area contributed by atoms with Gasteiger partial charge in [-0.05, 0) is 6.07 Å². The molecule has 0 saturated carbocycles. The SMILES string of the molecule is NC(=O)OCCNc1nccc(C(N)=S)n1. The van der Waals surface area contributed by atoms with Gasteiger partial charge in [0.1, 0.15) is 17.3 Å². The van der Waals surface area contributed by atoms with E-state index in [0.717, 1.165) is 0 Å². The van der Waals surface area contributed by atoms with Crippen LogP contribution in [0.2, 0.25) is 0 Å². The monoisotopic (exact) mass is 241 g/mol. The highest BCUT2D eigenvalue weighted by Crippen LogP contribution is 1.99. The van der Waals surface area contributed by atoms with Crippen LogP contribution < -0.4 is 16.8 Å². The minimum absolute atomic E-state index is 0.135. The molecule has 0 unspecified atom stereocenters. The van der Waals surface area contributed by atoms with E-state index in [4.69, 9.17) is 23.7 Å². The van der Waals surface area contributed by atoms with Crippen molar-refractivity contribution in [1.82, 2.24) is 9.97 Å². The van der Waals surface area contributed by atoms with E-state index >= 15 is 0 Å². The van der Waals surface area contributed by atoms with Crippen LogP contribution in [0.3, 0.4) is 0 Å². The average molecular weight is 241 g/mol. The number of nitrogens with two attached hydrogens (primary N) is 2. The van der Waals surface area contributed by atoms with Gasteiger partial charge in [0.15, 0.2) is 0 Å². The number of ether oxygens (including phenoxy) is 1. The molecule has 0 aromatic carbocycles. The predicted molar refractivity (Wildman–Crippen MR) is 61.9 cm³/mol. The first-order valence-corrected chi connectivity index (χ1v) is 4.79. The van der Waals surface area contributed by atoms with E-state index < -0.39 is 6.09 Å². The van der Waals surface area contributed by atoms with Gasteiger partial charge in [0.2, 0.25) is 5.95 Å². The highest BCUT2D eigenvalue weighted by Gasteiger charge is 2.01. The Morgan fingerprint density at radius 2 is 2.31 bits per heavy atom. The molecular weight excluding hydrogens is 230 g/mol. The second kappa shape index (κ2) is 5.81. The maximum Gasteiger partial charge on any atom is 0.404 e. The second-order valence-electron chi connectivity index (χ2n) is 2.72. The van der Waals surface area contributed by atoms with E-state index in [1.807, 2.05) is 0 Å². The molecule has 7 nitrogen and oxygen atoms in total. The lowest BCUT2D eigenvalue weighted by Gasteiger charge is -2.05. The number of nitrogens with one attached hydrogen (secondary N) is 1. The van der Waals surface area contributed by atoms with E-state index in [9.17, 15) is 4.79 Å². The van der Waals surface area contributed by atoms with Crippen LogP contribution >= 0.6 is 12.2 Å². The Hall–Kier alpha value is -1.96. The zero-order valence-electron chi connectivity index (χ0n) is 8.34. The van der Waals surface area contributed by atoms with Gasteiger partial charge in [-0.2, -0.15) is 0 Å². The molecule has 1 heterocycles. The topological polar surface area (TPSA) is 116 Å². The van der Waals surface area contributed by atoms with Crippen LogP contribution in [0, 0.1) is 0 Å². The van der Waals surface area contributed by atoms with Crippen molar-refractivity contribution >= 4 is 29.2 Å². The molecule has 86 valence electrons. The molecule has 0 aliphatic carbocycles. The van der Waals surface area contributed by atoms with Crippen molar-refractivity contribution in [2.24, 2.45) is 11.5 Å². The zero-order chi connectivity index (χ0) is 12.0. The van der Waals surface area contributed by atoms with E-state index in [0.29, 0.717) is 18.2 Å². The Kier molecular flexibility index (Phi) is 4.40. The van der Waals surface area contributed by atoms with Crippen molar-refractivity contribution in [2.75, 3.05) is 18.5 Å². The molecule has 0 aliphatic heterocycles. The number of aromatic nitrogens is 2. The predicted octanol–water partition coefficient (Wildman–Crippen LogP) is -0.382. The first kappa shape index (κ1) is 12.1. The Balaban J connectivity index is 2.45. The average Bonchev–Trinajstić information content (AvgIpc) is 2.24. The maximum atomic E-state index is 10.3. The fourth-order valence-electron chi connectivity index (χ4n) is 0.896. The van der Waals surface area contributed by atoms with Crippen molar-refractivity contribution in [1.29, 1.82) is 0 Å². The zero-order valence-corrected chi connectivity index (χ0v) is 9.16. The molecule has 0 bridgehead atoms. The van der Waals surface area contributed by atoms with Crippen LogP contribution in [0.25, 0.3) is 0 Å². The largest absolute Gasteiger partial charge is 0.448 e. The number of nitrogens with zero attached hydrogens (tertiary/aromatic N) is 2. The van der Waals surface area contributed by atoms with Gasteiger partial charge in [-0.15, -0.1) is 0 Å². The standard InChI is InChI=1S/C8H11N5O2S/c9-6(16)5-1-2-11-8(13-5)12-3-4-15-7(10)14/h1-2H,3-4H2,(H2,9,16)(H2,10,14)(H,11,12,13). The third-order valence-corrected chi connectivity index (χ3v) is 1.75. The molecule has 5 N–H and O–H groups in total. The number of anilines is 1. The number of amides is 1. The van der Waals surface area contributed by atoms with E-state index in [1.54, 1.807) is 6.07 Å². The van der Waals surface area contributed by atoms with Crippen molar-refractivity contribution < 1.29 is 9.53 Å². The van der Waals surface area contributed by atoms with Crippen molar-refractivity contribution in [3.05, 3.63) is 18.0 Å². The third-order valence-electron chi connectivity index (χ3n) is 1.54. The summed E-state index contributed by atoms with van der Waals surface area (Å²) in [5, 5.41) is 2.83. The van der Waals surface area contributed by atoms with Gasteiger partial charge in [0.25, 0.3) is 0 Å². The fourth-order valence-corrected chi connectivity index (χ4v) is 1.01. The molecule has 0 radical (unpaired) electrons. The Morgan fingerprint density at radius 3 is 2.94 bits per heavy atom. The first-order valence-electron chi connectivity index (χ1n) is 4.38. The van der Waals surface area contributed by atoms with Crippen molar-refractivity contribution in [3.8, 4) is 0 Å². The Bertz CT molecular complexity index is 398. The Labute approximate surface area is 97.2 Å². The smallest absolute Gasteiger partial charge is 0.404 e. The van der Waals surface area contributed by atoms with Gasteiger partial charge in [-0.25, -0.2) is 14.8 Å². The van der Waals surface area contributed by atoms with Crippen LogP contribution in [-0.4, -0.2) is 34.2 Å². The van der Waals surface area contributed by atoms with Gasteiger partial charge in [-0.1, -0.05) is 12.2 Å². The number of thiocarbonyl (C=S) groups is 1. The highest BCUT2D eigenvalue weighted by molar-refractivity contribution is 7.80. The number of carbonyl (C=O) groups excluding carboxylic acids is 1. The summed E-state index contributed by atoms with van der Waals surface area (Å²) in [6.45, 7) is 0.486. The second-order valence-corrected chi connectivity index (χ2v) is 3.16. The number of carbonyl (C=O) groups is 1. The van der Waals surface area contributed by atoms with Crippen LogP contribution in [0.1, 0.15) is 5.69 Å². The lowest BCUT2D eigenvalue weighted by molar-refractivity contribution is 0.161. The molecular formula is C8H11N5O2S. The van der Waals surface area contributed by atoms with Crippen molar-refractivity contribution in [2.45, 2.75) is 0 Å². The number of rotatable bonds is 5. The summed E-state index contributed by atoms with van der Waals surface area (Å²) >= 11 is 4.77. The maximum absolute atomic E-state index is 10.3. The molecule has 1 aromatic rings. The minimum Gasteiger partial charge on any atom is -0.448 e. The molecule has 0 saturated heterocycles. The van der Waals surface area contributed by atoms with Crippen molar-refractivity contribution in [3.63, 3.8) is 0 Å². The van der Waals surface area contributed by atoms with Gasteiger partial charge in [-0.3, -0.25) is 0 Å². The molecule has 1 aromatic heterocycles. The van der Waals surface area contributed by atoms with Gasteiger partial charge < -0.3 is 21.5 Å². The highest BCUT2D eigenvalue weighted by atomic mass is 32.1. The summed E-state index contributed by atoms with van der Waals surface area (Å²) in [6, 6.07) is 1.60. The normalized spacial score (nSPS) is 9.50. The lowest BCUT2D eigenvalue weighted by Crippen LogP contribution is -2.19. The van der Waals surface area contributed by atoms with E-state index in [1.165, 1.54) is 6.20 Å². The van der Waals surface area contributed by atoms with Crippen LogP contribution in [0.5, 0.6) is 0 Å². The van der Waals surface area contributed by atoms with E-state index in [2.05, 4.69) is 20.0 Å². The third kappa shape index (κ3) is 4.05. The molecule has 0 atom stereocenters.